The van der Waals surface area contributed by atoms with Crippen LogP contribution in [0.4, 0.5) is 44.2 Å². The standard InChI is InChI=1S/C37H41N7O4.C33H33ClN6O3/c1-25-9-11-27(12-10-25)44-34(22-32(42-44)37(2,3)4)41-36(46)39-30-13-14-31(29-8-6-5-7-28(29)30)48-24-26-15-16-38-33(21-26)40-35(45)23-43-17-19-47-20-18-43;1-21-9-11-23(12-10-21)40-30(18-28(39-40)33(2,3)4)38-32(42)36-26-13-14-27(25-8-6-5-7-24(25)26)43-20-22-15-16-35-29(17-22)37-31(41)19-34/h5-16,21-22H,17-20,23-24H2,1-4H3,(H,38,40,45)(H2,39,41,46);5-18H,19-20H2,1-4H3,(H,35,37,41)(H2,36,38,42). The molecule has 91 heavy (non-hydrogen) atoms. The summed E-state index contributed by atoms with van der Waals surface area (Å²) in [6.07, 6.45) is 3.25. The lowest BCUT2D eigenvalue weighted by molar-refractivity contribution is -0.118. The van der Waals surface area contributed by atoms with Crippen LogP contribution in [0.5, 0.6) is 11.5 Å². The summed E-state index contributed by atoms with van der Waals surface area (Å²) in [4.78, 5) is 61.4. The van der Waals surface area contributed by atoms with Gasteiger partial charge in [-0.2, -0.15) is 10.2 Å². The van der Waals surface area contributed by atoms with E-state index in [-0.39, 0.29) is 47.8 Å². The fourth-order valence-corrected chi connectivity index (χ4v) is 9.97. The second kappa shape index (κ2) is 28.6. The third-order valence-corrected chi connectivity index (χ3v) is 15.1. The van der Waals surface area contributed by atoms with Crippen LogP contribution in [0.2, 0.25) is 0 Å². The Balaban J connectivity index is 0.000000201. The number of nitrogens with zero attached hydrogens (tertiary/aromatic N) is 7. The first-order valence-corrected chi connectivity index (χ1v) is 30.4. The molecule has 0 aliphatic carbocycles. The van der Waals surface area contributed by atoms with Crippen molar-refractivity contribution in [2.24, 2.45) is 0 Å². The molecule has 468 valence electrons. The zero-order chi connectivity index (χ0) is 64.2. The van der Waals surface area contributed by atoms with Crippen molar-refractivity contribution >= 4 is 91.7 Å². The van der Waals surface area contributed by atoms with Crippen LogP contribution in [-0.4, -0.2) is 97.0 Å². The van der Waals surface area contributed by atoms with E-state index in [1.807, 2.05) is 166 Å². The van der Waals surface area contributed by atoms with Gasteiger partial charge < -0.3 is 35.5 Å². The number of ether oxygens (including phenoxy) is 3. The van der Waals surface area contributed by atoms with Gasteiger partial charge in [0.1, 0.15) is 53.9 Å². The molecule has 10 aromatic rings. The van der Waals surface area contributed by atoms with Gasteiger partial charge in [-0.3, -0.25) is 25.1 Å². The third-order valence-electron chi connectivity index (χ3n) is 14.8. The number of benzene rings is 6. The maximum atomic E-state index is 13.4. The van der Waals surface area contributed by atoms with E-state index < -0.39 is 6.03 Å². The molecule has 21 heteroatoms. The molecule has 6 aromatic carbocycles. The van der Waals surface area contributed by atoms with Crippen LogP contribution in [0.25, 0.3) is 32.9 Å². The molecule has 1 saturated heterocycles. The number of carbonyl (C=O) groups is 4. The van der Waals surface area contributed by atoms with Gasteiger partial charge in [0.2, 0.25) is 11.8 Å². The summed E-state index contributed by atoms with van der Waals surface area (Å²) in [5.41, 5.74) is 8.26. The van der Waals surface area contributed by atoms with E-state index in [0.717, 1.165) is 79.7 Å². The number of anilines is 6. The molecule has 1 aliphatic rings. The van der Waals surface area contributed by atoms with Crippen LogP contribution in [0.1, 0.15) is 75.2 Å². The number of urea groups is 2. The quantitative estimate of drug-likeness (QED) is 0.0468. The highest BCUT2D eigenvalue weighted by molar-refractivity contribution is 6.29. The fraction of sp³-hybridized carbons (Fsp3) is 0.257. The number of hydrogen-bond donors (Lipinski definition) is 6. The number of pyridine rings is 2. The Kier molecular flexibility index (Phi) is 20.0. The number of fused-ring (bicyclic) bond motifs is 2. The van der Waals surface area contributed by atoms with Gasteiger partial charge in [0.25, 0.3) is 0 Å². The van der Waals surface area contributed by atoms with Gasteiger partial charge >= 0.3 is 12.1 Å². The van der Waals surface area contributed by atoms with Crippen molar-refractivity contribution < 1.29 is 33.4 Å². The Morgan fingerprint density at radius 2 is 0.923 bits per heavy atom. The molecule has 11 rings (SSSR count). The Morgan fingerprint density at radius 3 is 1.34 bits per heavy atom. The summed E-state index contributed by atoms with van der Waals surface area (Å²) in [5.74, 6) is 2.73. The lowest BCUT2D eigenvalue weighted by Gasteiger charge is -2.25. The lowest BCUT2D eigenvalue weighted by Crippen LogP contribution is -2.41. The Hall–Kier alpha value is -10.2. The lowest BCUT2D eigenvalue weighted by atomic mass is 9.92. The minimum Gasteiger partial charge on any atom is -0.488 e. The summed E-state index contributed by atoms with van der Waals surface area (Å²) in [6, 6.07) is 49.0. The molecule has 0 atom stereocenters. The summed E-state index contributed by atoms with van der Waals surface area (Å²) >= 11 is 5.58. The van der Waals surface area contributed by atoms with E-state index in [1.54, 1.807) is 27.8 Å². The number of alkyl halides is 1. The monoisotopic (exact) mass is 1240 g/mol. The summed E-state index contributed by atoms with van der Waals surface area (Å²) < 4.78 is 21.3. The minimum absolute atomic E-state index is 0.116. The molecule has 4 aromatic heterocycles. The Morgan fingerprint density at radius 1 is 0.505 bits per heavy atom. The van der Waals surface area contributed by atoms with E-state index in [4.69, 9.17) is 36.0 Å². The van der Waals surface area contributed by atoms with Crippen LogP contribution in [0.15, 0.2) is 170 Å². The molecule has 20 nitrogen and oxygen atoms in total. The maximum Gasteiger partial charge on any atom is 0.324 e. The van der Waals surface area contributed by atoms with Gasteiger partial charge in [-0.25, -0.2) is 28.9 Å². The number of carbonyl (C=O) groups excluding carboxylic acids is 4. The Bertz CT molecular complexity index is 4230. The largest absolute Gasteiger partial charge is 0.488 e. The van der Waals surface area contributed by atoms with Crippen molar-refractivity contribution in [2.45, 2.75) is 79.4 Å². The van der Waals surface area contributed by atoms with Crippen LogP contribution in [-0.2, 0) is 38.4 Å². The number of morpholine rings is 1. The number of amides is 6. The van der Waals surface area contributed by atoms with Crippen molar-refractivity contribution in [3.63, 3.8) is 0 Å². The van der Waals surface area contributed by atoms with Crippen molar-refractivity contribution in [1.29, 1.82) is 0 Å². The summed E-state index contributed by atoms with van der Waals surface area (Å²) in [7, 11) is 0. The number of hydrogen-bond acceptors (Lipinski definition) is 12. The van der Waals surface area contributed by atoms with Crippen molar-refractivity contribution in [3.8, 4) is 22.9 Å². The van der Waals surface area contributed by atoms with E-state index >= 15 is 0 Å². The van der Waals surface area contributed by atoms with Crippen molar-refractivity contribution in [2.75, 3.05) is 70.6 Å². The van der Waals surface area contributed by atoms with E-state index in [9.17, 15) is 19.2 Å². The van der Waals surface area contributed by atoms with E-state index in [0.29, 0.717) is 65.9 Å². The Labute approximate surface area is 533 Å². The number of aryl methyl sites for hydroxylation is 2. The number of aromatic nitrogens is 6. The molecule has 6 amide bonds. The predicted octanol–water partition coefficient (Wildman–Crippen LogP) is 13.9. The van der Waals surface area contributed by atoms with Gasteiger partial charge in [-0.15, -0.1) is 11.6 Å². The number of rotatable bonds is 17. The normalized spacial score (nSPS) is 12.5. The highest BCUT2D eigenvalue weighted by Crippen LogP contribution is 2.35. The van der Waals surface area contributed by atoms with Gasteiger partial charge in [0.15, 0.2) is 0 Å². The first kappa shape index (κ1) is 63.9. The zero-order valence-corrected chi connectivity index (χ0v) is 52.9. The van der Waals surface area contributed by atoms with Crippen molar-refractivity contribution in [3.05, 3.63) is 204 Å². The van der Waals surface area contributed by atoms with Gasteiger partial charge in [-0.1, -0.05) is 125 Å². The molecule has 0 spiro atoms. The average Bonchev–Trinajstić information content (AvgIpc) is 1.84. The maximum absolute atomic E-state index is 13.4. The SMILES string of the molecule is Cc1ccc(-n2nc(C(C)(C)C)cc2NC(=O)Nc2ccc(OCc3ccnc(NC(=O)CCl)c3)c3ccccc23)cc1.Cc1ccc(-n2nc(C(C)(C)C)cc2NC(=O)Nc2ccc(OCc3ccnc(NC(=O)CN4CCOCC4)c3)c3ccccc23)cc1. The second-order valence-electron chi connectivity index (χ2n) is 24.1. The van der Waals surface area contributed by atoms with Gasteiger partial charge in [0.05, 0.1) is 53.9 Å². The molecule has 6 N–H and O–H groups in total. The first-order valence-electron chi connectivity index (χ1n) is 29.9. The molecule has 0 unspecified atom stereocenters. The molecular formula is C70H74ClN13O7. The summed E-state index contributed by atoms with van der Waals surface area (Å²) in [6.45, 7) is 20.2. The third kappa shape index (κ3) is 16.8. The minimum atomic E-state index is -0.393. The van der Waals surface area contributed by atoms with Crippen LogP contribution in [0, 0.1) is 13.8 Å². The van der Waals surface area contributed by atoms with Crippen LogP contribution < -0.4 is 41.4 Å². The molecule has 0 radical (unpaired) electrons. The molecule has 0 bridgehead atoms. The second-order valence-corrected chi connectivity index (χ2v) is 24.4. The topological polar surface area (TPSA) is 233 Å². The van der Waals surface area contributed by atoms with Gasteiger partial charge in [-0.05, 0) is 97.8 Å². The first-order chi connectivity index (χ1) is 43.7. The average molecular weight is 1240 g/mol. The number of halogens is 1. The molecular weight excluding hydrogens is 1170 g/mol. The molecule has 0 saturated carbocycles. The molecule has 1 aliphatic heterocycles. The summed E-state index contributed by atoms with van der Waals surface area (Å²) in [5, 5.41) is 30.5. The zero-order valence-electron chi connectivity index (χ0n) is 52.2. The smallest absolute Gasteiger partial charge is 0.324 e. The van der Waals surface area contributed by atoms with E-state index in [1.165, 1.54) is 0 Å². The van der Waals surface area contributed by atoms with Crippen LogP contribution in [0.3, 0.4) is 0 Å². The van der Waals surface area contributed by atoms with E-state index in [2.05, 4.69) is 88.3 Å². The number of nitrogens with one attached hydrogen (secondary N) is 6. The highest BCUT2D eigenvalue weighted by atomic mass is 35.5. The van der Waals surface area contributed by atoms with Crippen LogP contribution >= 0.6 is 11.6 Å². The van der Waals surface area contributed by atoms with Crippen molar-refractivity contribution in [1.82, 2.24) is 34.4 Å². The highest BCUT2D eigenvalue weighted by Gasteiger charge is 2.24. The van der Waals surface area contributed by atoms with Gasteiger partial charge in [0, 0.05) is 70.0 Å². The molecule has 5 heterocycles. The predicted molar refractivity (Wildman–Crippen MR) is 360 cm³/mol. The fourth-order valence-electron chi connectivity index (χ4n) is 9.90. The molecule has 1 fully saturated rings.